The number of nitrogens with zero attached hydrogens (tertiary/aromatic N) is 2. The van der Waals surface area contributed by atoms with Crippen molar-refractivity contribution in [2.24, 2.45) is 0 Å². The first-order valence-corrected chi connectivity index (χ1v) is 12.6. The Morgan fingerprint density at radius 2 is 1.72 bits per heavy atom. The summed E-state index contributed by atoms with van der Waals surface area (Å²) in [6.07, 6.45) is 1.01. The van der Waals surface area contributed by atoms with Gasteiger partial charge in [-0.1, -0.05) is 41.9 Å². The fourth-order valence-corrected chi connectivity index (χ4v) is 4.30. The fraction of sp³-hybridized carbons (Fsp3) is 0.276. The van der Waals surface area contributed by atoms with Gasteiger partial charge in [-0.3, -0.25) is 9.20 Å². The second kappa shape index (κ2) is 11.4. The number of amides is 1. The Morgan fingerprint density at radius 3 is 2.38 bits per heavy atom. The number of alkyl carbamates (subject to hydrolysis) is 1. The van der Waals surface area contributed by atoms with E-state index in [0.29, 0.717) is 11.4 Å². The highest BCUT2D eigenvalue weighted by Crippen LogP contribution is 2.29. The van der Waals surface area contributed by atoms with Crippen molar-refractivity contribution in [3.63, 3.8) is 0 Å². The summed E-state index contributed by atoms with van der Waals surface area (Å²) < 4.78 is 40.7. The lowest BCUT2D eigenvalue weighted by atomic mass is 10.0. The van der Waals surface area contributed by atoms with E-state index in [1.807, 2.05) is 24.3 Å². The van der Waals surface area contributed by atoms with E-state index in [0.717, 1.165) is 23.3 Å². The van der Waals surface area contributed by atoms with Crippen molar-refractivity contribution >= 4 is 29.1 Å². The molecule has 0 aliphatic carbocycles. The summed E-state index contributed by atoms with van der Waals surface area (Å²) in [5.74, 6) is -1.53. The van der Waals surface area contributed by atoms with E-state index >= 15 is 0 Å². The number of Topliss-reactive ketones (excluding diaryl/α,β-unsaturated/α-hetero) is 1. The number of nitrogens with one attached hydrogen (secondary N) is 1. The lowest BCUT2D eigenvalue weighted by molar-refractivity contribution is 0.0523. The number of benzene rings is 2. The van der Waals surface area contributed by atoms with Gasteiger partial charge in [0.05, 0.1) is 16.3 Å². The molecule has 0 saturated carbocycles. The predicted octanol–water partition coefficient (Wildman–Crippen LogP) is 6.60. The Hall–Kier alpha value is -3.98. The molecule has 10 heteroatoms. The molecular formula is C29H28ClF2N3O4. The fourth-order valence-electron chi connectivity index (χ4n) is 4.10. The minimum Gasteiger partial charge on any atom is -0.485 e. The number of imidazole rings is 1. The molecule has 0 unspecified atom stereocenters. The molecule has 0 radical (unpaired) electrons. The third kappa shape index (κ3) is 6.72. The van der Waals surface area contributed by atoms with Gasteiger partial charge in [0, 0.05) is 25.2 Å². The predicted molar refractivity (Wildman–Crippen MR) is 143 cm³/mol. The van der Waals surface area contributed by atoms with Crippen LogP contribution in [-0.4, -0.2) is 26.9 Å². The molecule has 4 rings (SSSR count). The minimum absolute atomic E-state index is 0.0317. The smallest absolute Gasteiger partial charge is 0.407 e. The third-order valence-corrected chi connectivity index (χ3v) is 6.02. The summed E-state index contributed by atoms with van der Waals surface area (Å²) in [5.41, 5.74) is 1.65. The summed E-state index contributed by atoms with van der Waals surface area (Å²) in [6.45, 7) is 6.81. The first kappa shape index (κ1) is 28.0. The first-order chi connectivity index (χ1) is 18.4. The number of aromatic nitrogens is 2. The molecule has 204 valence electrons. The molecule has 39 heavy (non-hydrogen) atoms. The zero-order valence-electron chi connectivity index (χ0n) is 22.0. The van der Waals surface area contributed by atoms with E-state index < -0.39 is 23.3 Å². The molecule has 1 N–H and O–H groups in total. The second-order valence-electron chi connectivity index (χ2n) is 9.97. The van der Waals surface area contributed by atoms with Crippen molar-refractivity contribution < 1.29 is 27.8 Å². The Balaban J connectivity index is 1.58. The SMILES string of the molecule is Cc1nc2c(OCc3c(F)cccc3F)cc(Cl)cn2c1C(=O)Cc1ccccc1CNC(=O)OC(C)(C)C. The molecule has 4 aromatic rings. The van der Waals surface area contributed by atoms with Gasteiger partial charge in [-0.15, -0.1) is 0 Å². The Kier molecular flexibility index (Phi) is 8.20. The number of ether oxygens (including phenoxy) is 2. The van der Waals surface area contributed by atoms with Crippen LogP contribution >= 0.6 is 11.6 Å². The van der Waals surface area contributed by atoms with Crippen LogP contribution in [0.3, 0.4) is 0 Å². The van der Waals surface area contributed by atoms with Gasteiger partial charge in [-0.2, -0.15) is 0 Å². The number of pyridine rings is 1. The van der Waals surface area contributed by atoms with Gasteiger partial charge in [0.1, 0.15) is 29.5 Å². The standard InChI is InChI=1S/C29H28ClF2N3O4/c1-17-26(24(36)12-18-8-5-6-9-19(18)14-33-28(37)39-29(2,3)4)35-15-20(30)13-25(27(35)34-17)38-16-21-22(31)10-7-11-23(21)32/h5-11,13,15H,12,14,16H2,1-4H3,(H,33,37). The molecule has 2 aromatic carbocycles. The molecule has 0 atom stereocenters. The highest BCUT2D eigenvalue weighted by molar-refractivity contribution is 6.30. The van der Waals surface area contributed by atoms with E-state index in [2.05, 4.69) is 10.3 Å². The van der Waals surface area contributed by atoms with Crippen molar-refractivity contribution in [1.82, 2.24) is 14.7 Å². The molecule has 2 aromatic heterocycles. The van der Waals surface area contributed by atoms with Crippen molar-refractivity contribution in [3.8, 4) is 5.75 Å². The summed E-state index contributed by atoms with van der Waals surface area (Å²) in [4.78, 5) is 30.1. The number of hydrogen-bond donors (Lipinski definition) is 1. The van der Waals surface area contributed by atoms with Crippen LogP contribution in [0.25, 0.3) is 5.65 Å². The van der Waals surface area contributed by atoms with E-state index in [9.17, 15) is 18.4 Å². The minimum atomic E-state index is -0.733. The average Bonchev–Trinajstić information content (AvgIpc) is 3.17. The molecule has 7 nitrogen and oxygen atoms in total. The molecule has 0 aliphatic heterocycles. The van der Waals surface area contributed by atoms with Gasteiger partial charge < -0.3 is 14.8 Å². The van der Waals surface area contributed by atoms with Gasteiger partial charge in [0.25, 0.3) is 0 Å². The van der Waals surface area contributed by atoms with Crippen LogP contribution in [0.15, 0.2) is 54.7 Å². The number of hydrogen-bond acceptors (Lipinski definition) is 5. The Bertz CT molecular complexity index is 1530. The van der Waals surface area contributed by atoms with Gasteiger partial charge in [-0.25, -0.2) is 18.6 Å². The number of ketones is 1. The number of halogens is 3. The van der Waals surface area contributed by atoms with Crippen LogP contribution < -0.4 is 10.1 Å². The monoisotopic (exact) mass is 555 g/mol. The van der Waals surface area contributed by atoms with Crippen LogP contribution in [0.4, 0.5) is 13.6 Å². The van der Waals surface area contributed by atoms with Gasteiger partial charge in [0.2, 0.25) is 0 Å². The second-order valence-corrected chi connectivity index (χ2v) is 10.4. The molecule has 2 heterocycles. The lowest BCUT2D eigenvalue weighted by Crippen LogP contribution is -2.32. The van der Waals surface area contributed by atoms with E-state index in [1.165, 1.54) is 22.7 Å². The zero-order chi connectivity index (χ0) is 28.3. The average molecular weight is 556 g/mol. The normalized spacial score (nSPS) is 11.5. The largest absolute Gasteiger partial charge is 0.485 e. The van der Waals surface area contributed by atoms with Gasteiger partial charge >= 0.3 is 6.09 Å². The molecule has 1 amide bonds. The van der Waals surface area contributed by atoms with Crippen molar-refractivity contribution in [2.75, 3.05) is 0 Å². The third-order valence-electron chi connectivity index (χ3n) is 5.82. The quantitative estimate of drug-likeness (QED) is 0.248. The molecule has 0 bridgehead atoms. The highest BCUT2D eigenvalue weighted by Gasteiger charge is 2.22. The van der Waals surface area contributed by atoms with E-state index in [4.69, 9.17) is 21.1 Å². The topological polar surface area (TPSA) is 81.9 Å². The summed E-state index contributed by atoms with van der Waals surface area (Å²) >= 11 is 6.32. The van der Waals surface area contributed by atoms with Crippen LogP contribution in [0, 0.1) is 18.6 Å². The summed E-state index contributed by atoms with van der Waals surface area (Å²) in [7, 11) is 0. The summed E-state index contributed by atoms with van der Waals surface area (Å²) in [5, 5.41) is 2.97. The Morgan fingerprint density at radius 1 is 1.05 bits per heavy atom. The number of rotatable bonds is 8. The number of carbonyl (C=O) groups excluding carboxylic acids is 2. The molecular weight excluding hydrogens is 528 g/mol. The molecule has 0 spiro atoms. The van der Waals surface area contributed by atoms with Crippen molar-refractivity contribution in [1.29, 1.82) is 0 Å². The first-order valence-electron chi connectivity index (χ1n) is 12.2. The molecule has 0 aliphatic rings. The van der Waals surface area contributed by atoms with Crippen molar-refractivity contribution in [3.05, 3.63) is 99.5 Å². The highest BCUT2D eigenvalue weighted by atomic mass is 35.5. The van der Waals surface area contributed by atoms with Crippen LogP contribution in [0.1, 0.15) is 53.6 Å². The van der Waals surface area contributed by atoms with Crippen LogP contribution in [0.2, 0.25) is 5.02 Å². The zero-order valence-corrected chi connectivity index (χ0v) is 22.7. The van der Waals surface area contributed by atoms with E-state index in [1.54, 1.807) is 27.7 Å². The van der Waals surface area contributed by atoms with Gasteiger partial charge in [-0.05, 0) is 51.0 Å². The van der Waals surface area contributed by atoms with Crippen LogP contribution in [-0.2, 0) is 24.3 Å². The lowest BCUT2D eigenvalue weighted by Gasteiger charge is -2.20. The number of fused-ring (bicyclic) bond motifs is 1. The Labute approximate surface area is 229 Å². The van der Waals surface area contributed by atoms with E-state index in [-0.39, 0.29) is 47.3 Å². The maximum absolute atomic E-state index is 14.1. The maximum atomic E-state index is 14.1. The van der Waals surface area contributed by atoms with Crippen molar-refractivity contribution in [2.45, 2.75) is 52.9 Å². The summed E-state index contributed by atoms with van der Waals surface area (Å²) in [6, 6.07) is 12.3. The molecule has 0 saturated heterocycles. The molecule has 0 fully saturated rings. The van der Waals surface area contributed by atoms with Crippen LogP contribution in [0.5, 0.6) is 5.75 Å². The maximum Gasteiger partial charge on any atom is 0.407 e. The van der Waals surface area contributed by atoms with Gasteiger partial charge in [0.15, 0.2) is 17.2 Å². The number of carbonyl (C=O) groups is 2. The number of aryl methyl sites for hydroxylation is 1.